The number of phenolic OH excluding ortho intramolecular Hbond substituents is 1. The fourth-order valence-electron chi connectivity index (χ4n) is 1.30. The largest absolute Gasteiger partial charge is 0.506 e. The summed E-state index contributed by atoms with van der Waals surface area (Å²) in [5, 5.41) is 9.48. The number of fused-ring (bicyclic) bond motifs is 1. The Morgan fingerprint density at radius 1 is 1.20 bits per heavy atom. The van der Waals surface area contributed by atoms with Gasteiger partial charge in [0, 0.05) is 10.9 Å². The number of hydrogen-bond acceptors (Lipinski definition) is 1. The Morgan fingerprint density at radius 2 is 1.87 bits per heavy atom. The Balaban J connectivity index is 2.66. The van der Waals surface area contributed by atoms with Crippen LogP contribution in [-0.2, 0) is 6.18 Å². The zero-order valence-electron chi connectivity index (χ0n) is 7.19. The van der Waals surface area contributed by atoms with Gasteiger partial charge in [-0.15, -0.1) is 0 Å². The molecule has 6 heteroatoms. The van der Waals surface area contributed by atoms with E-state index < -0.39 is 11.9 Å². The average Bonchev–Trinajstić information content (AvgIpc) is 2.47. The van der Waals surface area contributed by atoms with Crippen LogP contribution in [0.15, 0.2) is 18.2 Å². The van der Waals surface area contributed by atoms with Crippen LogP contribution in [0.4, 0.5) is 13.2 Å². The molecule has 1 aromatic heterocycles. The Labute approximate surface area is 87.3 Å². The van der Waals surface area contributed by atoms with Crippen molar-refractivity contribution in [2.75, 3.05) is 0 Å². The SMILES string of the molecule is Oc1cc2cc(C(F)(F)F)[nH]c2cc1Cl. The van der Waals surface area contributed by atoms with Crippen LogP contribution in [0.25, 0.3) is 10.9 Å². The number of alkyl halides is 3. The van der Waals surface area contributed by atoms with Gasteiger partial charge in [0.1, 0.15) is 11.4 Å². The first-order valence-corrected chi connectivity index (χ1v) is 4.34. The lowest BCUT2D eigenvalue weighted by atomic mass is 10.2. The molecule has 15 heavy (non-hydrogen) atoms. The van der Waals surface area contributed by atoms with Crippen molar-refractivity contribution in [1.82, 2.24) is 4.98 Å². The lowest BCUT2D eigenvalue weighted by molar-refractivity contribution is -0.140. The third kappa shape index (κ3) is 1.74. The highest BCUT2D eigenvalue weighted by molar-refractivity contribution is 6.32. The minimum absolute atomic E-state index is 0.0121. The molecular formula is C9H5ClF3NO. The van der Waals surface area contributed by atoms with Gasteiger partial charge in [-0.2, -0.15) is 13.2 Å². The number of halogens is 4. The van der Waals surface area contributed by atoms with Crippen molar-refractivity contribution < 1.29 is 18.3 Å². The fourth-order valence-corrected chi connectivity index (χ4v) is 1.46. The van der Waals surface area contributed by atoms with E-state index in [-0.39, 0.29) is 21.7 Å². The highest BCUT2D eigenvalue weighted by Gasteiger charge is 2.32. The molecule has 0 spiro atoms. The number of H-pyrrole nitrogens is 1. The molecule has 0 aliphatic carbocycles. The van der Waals surface area contributed by atoms with E-state index in [0.29, 0.717) is 0 Å². The second kappa shape index (κ2) is 3.06. The summed E-state index contributed by atoms with van der Waals surface area (Å²) in [6.45, 7) is 0. The van der Waals surface area contributed by atoms with E-state index in [2.05, 4.69) is 4.98 Å². The molecule has 1 heterocycles. The molecule has 0 aliphatic heterocycles. The molecule has 0 saturated carbocycles. The van der Waals surface area contributed by atoms with Gasteiger partial charge in [0.15, 0.2) is 0 Å². The highest BCUT2D eigenvalue weighted by Crippen LogP contribution is 2.34. The van der Waals surface area contributed by atoms with Crippen molar-refractivity contribution in [3.05, 3.63) is 28.9 Å². The minimum Gasteiger partial charge on any atom is -0.506 e. The van der Waals surface area contributed by atoms with E-state index in [0.717, 1.165) is 6.07 Å². The number of aromatic hydroxyl groups is 1. The summed E-state index contributed by atoms with van der Waals surface area (Å²) in [5.74, 6) is -0.239. The van der Waals surface area contributed by atoms with Crippen molar-refractivity contribution in [2.24, 2.45) is 0 Å². The summed E-state index contributed by atoms with van der Waals surface area (Å²) < 4.78 is 36.9. The van der Waals surface area contributed by atoms with Gasteiger partial charge in [-0.25, -0.2) is 0 Å². The van der Waals surface area contributed by atoms with Crippen LogP contribution in [-0.4, -0.2) is 10.1 Å². The molecule has 0 aliphatic rings. The van der Waals surface area contributed by atoms with Crippen LogP contribution >= 0.6 is 11.6 Å². The number of aromatic nitrogens is 1. The molecular weight excluding hydrogens is 231 g/mol. The zero-order chi connectivity index (χ0) is 11.2. The molecule has 2 aromatic rings. The van der Waals surface area contributed by atoms with Crippen LogP contribution in [0.1, 0.15) is 5.69 Å². The molecule has 0 radical (unpaired) electrons. The molecule has 0 amide bonds. The molecule has 0 bridgehead atoms. The van der Waals surface area contributed by atoms with Gasteiger partial charge >= 0.3 is 6.18 Å². The van der Waals surface area contributed by atoms with E-state index in [1.165, 1.54) is 12.1 Å². The minimum atomic E-state index is -4.43. The van der Waals surface area contributed by atoms with E-state index in [1.54, 1.807) is 0 Å². The van der Waals surface area contributed by atoms with Crippen molar-refractivity contribution in [3.8, 4) is 5.75 Å². The van der Waals surface area contributed by atoms with Gasteiger partial charge in [-0.1, -0.05) is 11.6 Å². The lowest BCUT2D eigenvalue weighted by Crippen LogP contribution is -2.04. The monoisotopic (exact) mass is 235 g/mol. The molecule has 0 saturated heterocycles. The van der Waals surface area contributed by atoms with Gasteiger partial charge in [0.05, 0.1) is 5.02 Å². The van der Waals surface area contributed by atoms with E-state index in [9.17, 15) is 18.3 Å². The van der Waals surface area contributed by atoms with Crippen LogP contribution in [0.2, 0.25) is 5.02 Å². The second-order valence-corrected chi connectivity index (χ2v) is 3.48. The molecule has 1 aromatic carbocycles. The van der Waals surface area contributed by atoms with E-state index >= 15 is 0 Å². The predicted octanol–water partition coefficient (Wildman–Crippen LogP) is 3.55. The van der Waals surface area contributed by atoms with Gasteiger partial charge in [-0.05, 0) is 18.2 Å². The summed E-state index contributed by atoms with van der Waals surface area (Å²) in [6.07, 6.45) is -4.43. The van der Waals surface area contributed by atoms with Gasteiger partial charge in [-0.3, -0.25) is 0 Å². The number of benzene rings is 1. The molecule has 80 valence electrons. The Hall–Kier alpha value is -1.36. The van der Waals surface area contributed by atoms with Crippen LogP contribution < -0.4 is 0 Å². The normalized spacial score (nSPS) is 12.3. The van der Waals surface area contributed by atoms with Crippen molar-refractivity contribution in [1.29, 1.82) is 0 Å². The summed E-state index contributed by atoms with van der Waals surface area (Å²) in [5.41, 5.74) is -0.621. The van der Waals surface area contributed by atoms with Crippen molar-refractivity contribution in [3.63, 3.8) is 0 Å². The fraction of sp³-hybridized carbons (Fsp3) is 0.111. The van der Waals surface area contributed by atoms with Crippen LogP contribution in [0.3, 0.4) is 0 Å². The first-order chi connectivity index (χ1) is 6.88. The van der Waals surface area contributed by atoms with Crippen LogP contribution in [0.5, 0.6) is 5.75 Å². The Bertz CT molecular complexity index is 479. The second-order valence-electron chi connectivity index (χ2n) is 3.07. The molecule has 0 atom stereocenters. The lowest BCUT2D eigenvalue weighted by Gasteiger charge is -2.00. The third-order valence-corrected chi connectivity index (χ3v) is 2.30. The maximum atomic E-state index is 12.3. The van der Waals surface area contributed by atoms with Crippen molar-refractivity contribution >= 4 is 22.5 Å². The van der Waals surface area contributed by atoms with E-state index in [1.807, 2.05) is 0 Å². The molecule has 0 fully saturated rings. The van der Waals surface area contributed by atoms with Crippen LogP contribution in [0, 0.1) is 0 Å². The molecule has 2 rings (SSSR count). The standard InChI is InChI=1S/C9H5ClF3NO/c10-5-3-6-4(1-7(5)15)2-8(14-6)9(11,12)13/h1-3,14-15H. The quantitative estimate of drug-likeness (QED) is 0.720. The topological polar surface area (TPSA) is 36.0 Å². The first kappa shape index (κ1) is 10.2. The third-order valence-electron chi connectivity index (χ3n) is 1.99. The number of nitrogens with one attached hydrogen (secondary N) is 1. The number of phenols is 1. The summed E-state index contributed by atoms with van der Waals surface area (Å²) >= 11 is 5.56. The molecule has 0 unspecified atom stereocenters. The number of hydrogen-bond donors (Lipinski definition) is 2. The van der Waals surface area contributed by atoms with Gasteiger partial charge in [0.2, 0.25) is 0 Å². The van der Waals surface area contributed by atoms with Gasteiger partial charge in [0.25, 0.3) is 0 Å². The molecule has 2 nitrogen and oxygen atoms in total. The van der Waals surface area contributed by atoms with Gasteiger partial charge < -0.3 is 10.1 Å². The number of aromatic amines is 1. The Kier molecular flexibility index (Phi) is 2.08. The van der Waals surface area contributed by atoms with E-state index in [4.69, 9.17) is 11.6 Å². The highest BCUT2D eigenvalue weighted by atomic mass is 35.5. The maximum absolute atomic E-state index is 12.3. The number of rotatable bonds is 0. The Morgan fingerprint density at radius 3 is 2.47 bits per heavy atom. The summed E-state index contributed by atoms with van der Waals surface area (Å²) in [4.78, 5) is 2.18. The average molecular weight is 236 g/mol. The predicted molar refractivity (Wildman–Crippen MR) is 50.0 cm³/mol. The molecule has 2 N–H and O–H groups in total. The smallest absolute Gasteiger partial charge is 0.431 e. The van der Waals surface area contributed by atoms with Crippen molar-refractivity contribution in [2.45, 2.75) is 6.18 Å². The maximum Gasteiger partial charge on any atom is 0.431 e. The zero-order valence-corrected chi connectivity index (χ0v) is 7.95. The summed E-state index contributed by atoms with van der Waals surface area (Å²) in [6, 6.07) is 3.36. The summed E-state index contributed by atoms with van der Waals surface area (Å²) in [7, 11) is 0. The first-order valence-electron chi connectivity index (χ1n) is 3.96.